The van der Waals surface area contributed by atoms with Crippen molar-refractivity contribution in [2.45, 2.75) is 58.6 Å². The number of ketones is 1. The minimum Gasteiger partial charge on any atom is -0.481 e. The summed E-state index contributed by atoms with van der Waals surface area (Å²) >= 11 is 1.42. The molecule has 0 aromatic rings. The van der Waals surface area contributed by atoms with Gasteiger partial charge in [0.2, 0.25) is 0 Å². The molecule has 2 atom stereocenters. The molecule has 1 rings (SSSR count). The molecule has 0 amide bonds. The van der Waals surface area contributed by atoms with Gasteiger partial charge in [-0.1, -0.05) is 32.4 Å². The summed E-state index contributed by atoms with van der Waals surface area (Å²) < 4.78 is 0. The van der Waals surface area contributed by atoms with Gasteiger partial charge in [-0.15, -0.1) is 11.8 Å². The van der Waals surface area contributed by atoms with Gasteiger partial charge in [0.25, 0.3) is 0 Å². The Morgan fingerprint density at radius 1 is 1.50 bits per heavy atom. The van der Waals surface area contributed by atoms with Crippen LogP contribution in [0.5, 0.6) is 0 Å². The van der Waals surface area contributed by atoms with Gasteiger partial charge in [-0.2, -0.15) is 0 Å². The van der Waals surface area contributed by atoms with Crippen LogP contribution in [-0.4, -0.2) is 27.9 Å². The van der Waals surface area contributed by atoms with Crippen LogP contribution in [0.1, 0.15) is 53.4 Å². The zero-order chi connectivity index (χ0) is 15.3. The molecule has 0 saturated heterocycles. The van der Waals surface area contributed by atoms with E-state index < -0.39 is 5.97 Å². The second-order valence-corrected chi connectivity index (χ2v) is 7.52. The van der Waals surface area contributed by atoms with Gasteiger partial charge >= 0.3 is 5.97 Å². The number of carbonyl (C=O) groups is 2. The number of carbonyl (C=O) groups excluding carboxylic acids is 1. The van der Waals surface area contributed by atoms with E-state index >= 15 is 0 Å². The second-order valence-electron chi connectivity index (χ2n) is 6.29. The molecule has 0 bridgehead atoms. The first-order valence-corrected chi connectivity index (χ1v) is 8.34. The maximum absolute atomic E-state index is 11.8. The summed E-state index contributed by atoms with van der Waals surface area (Å²) in [6, 6.07) is 0. The summed E-state index contributed by atoms with van der Waals surface area (Å²) in [5, 5.41) is 9.00. The summed E-state index contributed by atoms with van der Waals surface area (Å²) in [6.07, 6.45) is 5.43. The number of aliphatic carboxylic acids is 1. The zero-order valence-corrected chi connectivity index (χ0v) is 13.8. The van der Waals surface area contributed by atoms with Crippen molar-refractivity contribution in [2.24, 2.45) is 11.3 Å². The Morgan fingerprint density at radius 2 is 2.15 bits per heavy atom. The lowest BCUT2D eigenvalue weighted by Crippen LogP contribution is -2.37. The molecule has 0 aromatic carbocycles. The first kappa shape index (κ1) is 17.3. The van der Waals surface area contributed by atoms with Gasteiger partial charge in [-0.3, -0.25) is 9.59 Å². The van der Waals surface area contributed by atoms with Crippen molar-refractivity contribution in [1.29, 1.82) is 0 Å². The monoisotopic (exact) mass is 298 g/mol. The average Bonchev–Trinajstić information content (AvgIpc) is 2.34. The van der Waals surface area contributed by atoms with Crippen molar-refractivity contribution in [3.63, 3.8) is 0 Å². The first-order valence-electron chi connectivity index (χ1n) is 7.29. The van der Waals surface area contributed by atoms with Crippen molar-refractivity contribution < 1.29 is 14.7 Å². The van der Waals surface area contributed by atoms with E-state index in [2.05, 4.69) is 26.8 Å². The average molecular weight is 298 g/mol. The third-order valence-corrected chi connectivity index (χ3v) is 5.48. The predicted molar refractivity (Wildman–Crippen MR) is 84.1 cm³/mol. The van der Waals surface area contributed by atoms with Gasteiger partial charge < -0.3 is 5.11 Å². The third-order valence-electron chi connectivity index (χ3n) is 4.20. The van der Waals surface area contributed by atoms with Crippen molar-refractivity contribution in [3.8, 4) is 0 Å². The molecule has 0 saturated carbocycles. The molecule has 3 nitrogen and oxygen atoms in total. The van der Waals surface area contributed by atoms with E-state index in [0.29, 0.717) is 12.8 Å². The van der Waals surface area contributed by atoms with Gasteiger partial charge in [0.1, 0.15) is 5.78 Å². The number of rotatable bonds is 7. The Labute approximate surface area is 126 Å². The van der Waals surface area contributed by atoms with Crippen molar-refractivity contribution in [3.05, 3.63) is 11.6 Å². The van der Waals surface area contributed by atoms with Crippen molar-refractivity contribution >= 4 is 23.5 Å². The smallest absolute Gasteiger partial charge is 0.313 e. The van der Waals surface area contributed by atoms with E-state index in [1.54, 1.807) is 0 Å². The highest BCUT2D eigenvalue weighted by Gasteiger charge is 2.39. The molecular formula is C16H26O3S. The maximum atomic E-state index is 11.8. The van der Waals surface area contributed by atoms with E-state index in [1.807, 2.05) is 6.92 Å². The Morgan fingerprint density at radius 3 is 2.65 bits per heavy atom. The maximum Gasteiger partial charge on any atom is 0.313 e. The summed E-state index contributed by atoms with van der Waals surface area (Å²) in [6.45, 7) is 8.46. The fourth-order valence-electron chi connectivity index (χ4n) is 3.19. The number of carboxylic acid groups (broad SMARTS) is 1. The second kappa shape index (κ2) is 7.30. The SMILES string of the molecule is CCC(=O)CC(SCC(=O)O)C1C(C)=CCCC1(C)C. The molecular weight excluding hydrogens is 272 g/mol. The number of thioether (sulfide) groups is 1. The molecule has 0 aliphatic heterocycles. The van der Waals surface area contributed by atoms with Crippen LogP contribution >= 0.6 is 11.8 Å². The van der Waals surface area contributed by atoms with Crippen LogP contribution < -0.4 is 0 Å². The molecule has 0 heterocycles. The molecule has 114 valence electrons. The van der Waals surface area contributed by atoms with E-state index in [9.17, 15) is 9.59 Å². The Hall–Kier alpha value is -0.770. The highest BCUT2D eigenvalue weighted by Crippen LogP contribution is 2.46. The van der Waals surface area contributed by atoms with Gasteiger partial charge in [0.15, 0.2) is 0 Å². The lowest BCUT2D eigenvalue weighted by atomic mass is 9.66. The summed E-state index contributed by atoms with van der Waals surface area (Å²) in [5.41, 5.74) is 1.44. The molecule has 0 fully saturated rings. The van der Waals surface area contributed by atoms with Crippen molar-refractivity contribution in [2.75, 3.05) is 5.75 Å². The topological polar surface area (TPSA) is 54.4 Å². The minimum atomic E-state index is -0.806. The van der Waals surface area contributed by atoms with Crippen LogP contribution in [0.4, 0.5) is 0 Å². The van der Waals surface area contributed by atoms with Crippen LogP contribution in [0, 0.1) is 11.3 Å². The molecule has 4 heteroatoms. The molecule has 2 unspecified atom stereocenters. The molecule has 1 aliphatic rings. The van der Waals surface area contributed by atoms with Gasteiger partial charge in [-0.25, -0.2) is 0 Å². The van der Waals surface area contributed by atoms with E-state index in [-0.39, 0.29) is 28.1 Å². The van der Waals surface area contributed by atoms with Crippen LogP contribution in [0.2, 0.25) is 0 Å². The van der Waals surface area contributed by atoms with Crippen LogP contribution in [0.3, 0.4) is 0 Å². The fourth-order valence-corrected chi connectivity index (χ4v) is 4.62. The number of hydrogen-bond acceptors (Lipinski definition) is 3. The Bertz CT molecular complexity index is 399. The van der Waals surface area contributed by atoms with E-state index in [0.717, 1.165) is 12.8 Å². The standard InChI is InChI=1S/C16H26O3S/c1-5-12(17)9-13(20-10-14(18)19)15-11(2)7-6-8-16(15,3)4/h7,13,15H,5-6,8-10H2,1-4H3,(H,18,19). The lowest BCUT2D eigenvalue weighted by molar-refractivity contribution is -0.134. The quantitative estimate of drug-likeness (QED) is 0.724. The predicted octanol–water partition coefficient (Wildman–Crippen LogP) is 3.92. The molecule has 0 aromatic heterocycles. The minimum absolute atomic E-state index is 0.0710. The van der Waals surface area contributed by atoms with Gasteiger partial charge in [-0.05, 0) is 31.1 Å². The van der Waals surface area contributed by atoms with E-state index in [4.69, 9.17) is 5.11 Å². The summed E-state index contributed by atoms with van der Waals surface area (Å²) in [7, 11) is 0. The van der Waals surface area contributed by atoms with E-state index in [1.165, 1.54) is 17.3 Å². The molecule has 1 N–H and O–H groups in total. The third kappa shape index (κ3) is 4.65. The van der Waals surface area contributed by atoms with Crippen LogP contribution in [-0.2, 0) is 9.59 Å². The number of hydrogen-bond donors (Lipinski definition) is 1. The van der Waals surface area contributed by atoms with Crippen LogP contribution in [0.15, 0.2) is 11.6 Å². The largest absolute Gasteiger partial charge is 0.481 e. The lowest BCUT2D eigenvalue weighted by Gasteiger charge is -2.42. The molecule has 0 spiro atoms. The van der Waals surface area contributed by atoms with Crippen LogP contribution in [0.25, 0.3) is 0 Å². The van der Waals surface area contributed by atoms with Crippen molar-refractivity contribution in [1.82, 2.24) is 0 Å². The first-order chi connectivity index (χ1) is 9.27. The highest BCUT2D eigenvalue weighted by atomic mass is 32.2. The molecule has 0 radical (unpaired) electrons. The normalized spacial score (nSPS) is 23.0. The zero-order valence-electron chi connectivity index (χ0n) is 12.9. The Balaban J connectivity index is 2.94. The molecule has 20 heavy (non-hydrogen) atoms. The van der Waals surface area contributed by atoms with Gasteiger partial charge in [0.05, 0.1) is 5.75 Å². The number of allylic oxidation sites excluding steroid dienone is 2. The summed E-state index contributed by atoms with van der Waals surface area (Å²) in [5.74, 6) is -0.223. The summed E-state index contributed by atoms with van der Waals surface area (Å²) in [4.78, 5) is 22.7. The fraction of sp³-hybridized carbons (Fsp3) is 0.750. The Kier molecular flexibility index (Phi) is 6.31. The van der Waals surface area contributed by atoms with Gasteiger partial charge in [0, 0.05) is 18.1 Å². The number of Topliss-reactive ketones (excluding diaryl/α,β-unsaturated/α-hetero) is 1. The molecule has 1 aliphatic carbocycles. The highest BCUT2D eigenvalue weighted by molar-refractivity contribution is 8.00. The number of carboxylic acids is 1.